The molecule has 0 saturated heterocycles. The Balaban J connectivity index is 2.15. The van der Waals surface area contributed by atoms with E-state index in [0.29, 0.717) is 6.54 Å². The van der Waals surface area contributed by atoms with E-state index in [2.05, 4.69) is 20.7 Å². The summed E-state index contributed by atoms with van der Waals surface area (Å²) in [6.45, 7) is 0.464. The Hall–Kier alpha value is -0.240. The number of nitrogens with one attached hydrogen (secondary N) is 1. The fraction of sp³-hybridized carbons (Fsp3) is 0.538. The first-order valence-corrected chi connectivity index (χ1v) is 9.98. The molecule has 0 atom stereocenters. The second-order valence-electron chi connectivity index (χ2n) is 5.10. The van der Waals surface area contributed by atoms with Crippen LogP contribution in [0.3, 0.4) is 0 Å². The molecule has 20 heavy (non-hydrogen) atoms. The summed E-state index contributed by atoms with van der Waals surface area (Å²) in [4.78, 5) is 0.148. The van der Waals surface area contributed by atoms with Crippen molar-refractivity contribution < 1.29 is 8.42 Å². The third-order valence-corrected chi connectivity index (χ3v) is 7.18. The van der Waals surface area contributed by atoms with Crippen molar-refractivity contribution in [2.24, 2.45) is 0 Å². The van der Waals surface area contributed by atoms with Crippen LogP contribution in [0, 0.1) is 0 Å². The van der Waals surface area contributed by atoms with Gasteiger partial charge in [-0.2, -0.15) is 11.8 Å². The molecule has 0 aliphatic heterocycles. The molecule has 0 spiro atoms. The Bertz CT molecular complexity index is 584. The maximum absolute atomic E-state index is 12.4. The molecule has 7 heteroatoms. The second-order valence-corrected chi connectivity index (χ2v) is 9.03. The number of sulfonamides is 1. The maximum atomic E-state index is 12.4. The Labute approximate surface area is 133 Å². The number of benzene rings is 1. The summed E-state index contributed by atoms with van der Waals surface area (Å²) in [5, 5.41) is 0. The molecular weight excluding hydrogens is 360 g/mol. The van der Waals surface area contributed by atoms with E-state index >= 15 is 0 Å². The molecule has 0 heterocycles. The lowest BCUT2D eigenvalue weighted by atomic mass is 10.1. The second kappa shape index (κ2) is 6.25. The van der Waals surface area contributed by atoms with Crippen molar-refractivity contribution in [2.75, 3.05) is 18.5 Å². The lowest BCUT2D eigenvalue weighted by Gasteiger charge is -2.26. The highest BCUT2D eigenvalue weighted by molar-refractivity contribution is 9.10. The van der Waals surface area contributed by atoms with Gasteiger partial charge in [0, 0.05) is 15.8 Å². The maximum Gasteiger partial charge on any atom is 0.242 e. The zero-order valence-electron chi connectivity index (χ0n) is 11.4. The predicted octanol–water partition coefficient (Wildman–Crippen LogP) is 2.99. The third-order valence-electron chi connectivity index (χ3n) is 3.79. The van der Waals surface area contributed by atoms with E-state index in [1.807, 2.05) is 6.26 Å². The fourth-order valence-electron chi connectivity index (χ4n) is 2.54. The lowest BCUT2D eigenvalue weighted by Crippen LogP contribution is -2.38. The normalized spacial score (nSPS) is 18.3. The van der Waals surface area contributed by atoms with E-state index in [0.717, 1.165) is 17.3 Å². The van der Waals surface area contributed by atoms with Gasteiger partial charge in [-0.05, 0) is 37.3 Å². The topological polar surface area (TPSA) is 72.2 Å². The van der Waals surface area contributed by atoms with E-state index in [1.54, 1.807) is 23.9 Å². The van der Waals surface area contributed by atoms with Gasteiger partial charge in [-0.3, -0.25) is 0 Å². The van der Waals surface area contributed by atoms with Crippen molar-refractivity contribution in [1.29, 1.82) is 0 Å². The molecule has 4 nitrogen and oxygen atoms in total. The number of thioether (sulfide) groups is 1. The molecule has 1 saturated carbocycles. The standard InChI is InChI=1S/C13H19BrN2O2S2/c1-19-13(6-2-3-7-13)9-16-20(17,18)12-5-4-10(14)8-11(12)15/h4-5,8,16H,2-3,6-7,9,15H2,1H3. The molecule has 1 aromatic rings. The van der Waals surface area contributed by atoms with Crippen LogP contribution in [-0.4, -0.2) is 26.0 Å². The molecular formula is C13H19BrN2O2S2. The van der Waals surface area contributed by atoms with Gasteiger partial charge in [0.1, 0.15) is 4.90 Å². The number of nitrogens with two attached hydrogens (primary N) is 1. The van der Waals surface area contributed by atoms with Crippen LogP contribution in [-0.2, 0) is 10.0 Å². The van der Waals surface area contributed by atoms with Crippen molar-refractivity contribution >= 4 is 43.4 Å². The molecule has 0 amide bonds. The average molecular weight is 379 g/mol. The van der Waals surface area contributed by atoms with Crippen molar-refractivity contribution in [2.45, 2.75) is 35.3 Å². The van der Waals surface area contributed by atoms with E-state index < -0.39 is 10.0 Å². The Morgan fingerprint density at radius 2 is 2.05 bits per heavy atom. The van der Waals surface area contributed by atoms with Crippen LogP contribution in [0.25, 0.3) is 0 Å². The van der Waals surface area contributed by atoms with E-state index in [9.17, 15) is 8.42 Å². The van der Waals surface area contributed by atoms with Gasteiger partial charge < -0.3 is 5.73 Å². The minimum atomic E-state index is -3.55. The van der Waals surface area contributed by atoms with Gasteiger partial charge in [-0.1, -0.05) is 28.8 Å². The number of rotatable bonds is 5. The first kappa shape index (κ1) is 16.1. The predicted molar refractivity (Wildman–Crippen MR) is 88.5 cm³/mol. The van der Waals surface area contributed by atoms with Crippen LogP contribution in [0.5, 0.6) is 0 Å². The summed E-state index contributed by atoms with van der Waals surface area (Å²) in [5.74, 6) is 0. The highest BCUT2D eigenvalue weighted by Crippen LogP contribution is 2.39. The minimum Gasteiger partial charge on any atom is -0.398 e. The summed E-state index contributed by atoms with van der Waals surface area (Å²) >= 11 is 5.03. The summed E-state index contributed by atoms with van der Waals surface area (Å²) in [6, 6.07) is 4.82. The smallest absolute Gasteiger partial charge is 0.242 e. The highest BCUT2D eigenvalue weighted by Gasteiger charge is 2.34. The number of hydrogen-bond acceptors (Lipinski definition) is 4. The molecule has 2 rings (SSSR count). The van der Waals surface area contributed by atoms with Crippen molar-refractivity contribution in [1.82, 2.24) is 4.72 Å². The van der Waals surface area contributed by atoms with Crippen LogP contribution in [0.1, 0.15) is 25.7 Å². The van der Waals surface area contributed by atoms with Gasteiger partial charge >= 0.3 is 0 Å². The van der Waals surface area contributed by atoms with Gasteiger partial charge in [0.2, 0.25) is 10.0 Å². The molecule has 1 aromatic carbocycles. The summed E-state index contributed by atoms with van der Waals surface area (Å²) < 4.78 is 28.3. The third kappa shape index (κ3) is 3.50. The average Bonchev–Trinajstić information content (AvgIpc) is 2.85. The Morgan fingerprint density at radius 3 is 2.60 bits per heavy atom. The molecule has 3 N–H and O–H groups in total. The summed E-state index contributed by atoms with van der Waals surface area (Å²) in [7, 11) is -3.55. The summed E-state index contributed by atoms with van der Waals surface area (Å²) in [6.07, 6.45) is 6.51. The Kier molecular flexibility index (Phi) is 5.05. The molecule has 112 valence electrons. The largest absolute Gasteiger partial charge is 0.398 e. The Morgan fingerprint density at radius 1 is 1.40 bits per heavy atom. The number of hydrogen-bond donors (Lipinski definition) is 2. The van der Waals surface area contributed by atoms with Gasteiger partial charge in [-0.25, -0.2) is 13.1 Å². The van der Waals surface area contributed by atoms with Gasteiger partial charge in [0.05, 0.1) is 5.69 Å². The van der Waals surface area contributed by atoms with E-state index in [1.165, 1.54) is 18.9 Å². The molecule has 0 unspecified atom stereocenters. The van der Waals surface area contributed by atoms with E-state index in [-0.39, 0.29) is 15.3 Å². The summed E-state index contributed by atoms with van der Waals surface area (Å²) in [5.41, 5.74) is 6.06. The number of anilines is 1. The molecule has 0 aromatic heterocycles. The van der Waals surface area contributed by atoms with Gasteiger partial charge in [-0.15, -0.1) is 0 Å². The molecule has 1 fully saturated rings. The van der Waals surface area contributed by atoms with Crippen LogP contribution in [0.15, 0.2) is 27.6 Å². The van der Waals surface area contributed by atoms with Crippen LogP contribution in [0.2, 0.25) is 0 Å². The first-order valence-electron chi connectivity index (χ1n) is 6.48. The van der Waals surface area contributed by atoms with Gasteiger partial charge in [0.25, 0.3) is 0 Å². The SMILES string of the molecule is CSC1(CNS(=O)(=O)c2ccc(Br)cc2N)CCCC1. The lowest BCUT2D eigenvalue weighted by molar-refractivity contribution is 0.551. The van der Waals surface area contributed by atoms with Gasteiger partial charge in [0.15, 0.2) is 0 Å². The van der Waals surface area contributed by atoms with E-state index in [4.69, 9.17) is 5.73 Å². The zero-order chi connectivity index (χ0) is 14.8. The quantitative estimate of drug-likeness (QED) is 0.772. The van der Waals surface area contributed by atoms with Crippen molar-refractivity contribution in [3.63, 3.8) is 0 Å². The number of nitrogen functional groups attached to an aromatic ring is 1. The first-order chi connectivity index (χ1) is 9.38. The van der Waals surface area contributed by atoms with Crippen molar-refractivity contribution in [3.05, 3.63) is 22.7 Å². The monoisotopic (exact) mass is 378 g/mol. The molecule has 1 aliphatic rings. The van der Waals surface area contributed by atoms with Crippen LogP contribution < -0.4 is 10.5 Å². The zero-order valence-corrected chi connectivity index (χ0v) is 14.6. The highest BCUT2D eigenvalue weighted by atomic mass is 79.9. The minimum absolute atomic E-state index is 0.0389. The number of halogens is 1. The molecule has 1 aliphatic carbocycles. The van der Waals surface area contributed by atoms with Crippen LogP contribution in [0.4, 0.5) is 5.69 Å². The molecule has 0 bridgehead atoms. The fourth-order valence-corrected chi connectivity index (χ4v) is 5.16. The van der Waals surface area contributed by atoms with Crippen molar-refractivity contribution in [3.8, 4) is 0 Å². The van der Waals surface area contributed by atoms with Crippen LogP contribution >= 0.6 is 27.7 Å². The molecule has 0 radical (unpaired) electrons.